The highest BCUT2D eigenvalue weighted by Crippen LogP contribution is 2.29. The van der Waals surface area contributed by atoms with Crippen LogP contribution in [0.3, 0.4) is 0 Å². The molecule has 1 N–H and O–H groups in total. The highest BCUT2D eigenvalue weighted by molar-refractivity contribution is 7.89. The minimum absolute atomic E-state index is 0.0258. The zero-order valence-electron chi connectivity index (χ0n) is 18.2. The topological polar surface area (TPSA) is 127 Å². The third-order valence-electron chi connectivity index (χ3n) is 5.25. The van der Waals surface area contributed by atoms with Gasteiger partial charge in [-0.15, -0.1) is 0 Å². The fourth-order valence-corrected chi connectivity index (χ4v) is 5.98. The molecule has 0 saturated carbocycles. The Morgan fingerprint density at radius 2 is 1.76 bits per heavy atom. The molecule has 178 valence electrons. The Labute approximate surface area is 193 Å². The third kappa shape index (κ3) is 6.47. The van der Waals surface area contributed by atoms with Gasteiger partial charge in [0.1, 0.15) is 12.3 Å². The SMILES string of the molecule is Cc1ccc(S(=O)(=O)N2C[C@@H](OS(C)(=O)=O)C[C@@H]2C(=O)N[C@H](C=O)Cc2ccccc2)cc1. The number of sulfonamides is 1. The van der Waals surface area contributed by atoms with E-state index in [1.54, 1.807) is 24.3 Å². The van der Waals surface area contributed by atoms with Crippen LogP contribution in [-0.4, -0.2) is 64.3 Å². The lowest BCUT2D eigenvalue weighted by molar-refractivity contribution is -0.126. The summed E-state index contributed by atoms with van der Waals surface area (Å²) in [5, 5.41) is 2.59. The molecule has 2 aromatic carbocycles. The first-order chi connectivity index (χ1) is 15.5. The van der Waals surface area contributed by atoms with E-state index in [0.29, 0.717) is 6.29 Å². The molecule has 0 aliphatic carbocycles. The minimum Gasteiger partial charge on any atom is -0.345 e. The summed E-state index contributed by atoms with van der Waals surface area (Å²) in [6.45, 7) is 1.50. The lowest BCUT2D eigenvalue weighted by Gasteiger charge is -2.24. The molecule has 0 bridgehead atoms. The molecule has 0 spiro atoms. The average molecular weight is 495 g/mol. The van der Waals surface area contributed by atoms with Gasteiger partial charge in [-0.3, -0.25) is 8.98 Å². The summed E-state index contributed by atoms with van der Waals surface area (Å²) in [5.74, 6) is -0.696. The molecular weight excluding hydrogens is 468 g/mol. The first-order valence-corrected chi connectivity index (χ1v) is 13.5. The maximum Gasteiger partial charge on any atom is 0.264 e. The van der Waals surface area contributed by atoms with Gasteiger partial charge in [0, 0.05) is 13.0 Å². The highest BCUT2D eigenvalue weighted by atomic mass is 32.2. The summed E-state index contributed by atoms with van der Waals surface area (Å²) in [7, 11) is -8.00. The van der Waals surface area contributed by atoms with Gasteiger partial charge in [-0.25, -0.2) is 8.42 Å². The quantitative estimate of drug-likeness (QED) is 0.407. The summed E-state index contributed by atoms with van der Waals surface area (Å²) in [5.41, 5.74) is 1.68. The molecule has 2 aromatic rings. The molecule has 1 amide bonds. The maximum absolute atomic E-state index is 13.3. The number of hydrogen-bond donors (Lipinski definition) is 1. The van der Waals surface area contributed by atoms with Crippen molar-refractivity contribution < 1.29 is 30.6 Å². The molecule has 3 rings (SSSR count). The standard InChI is InChI=1S/C22H26N2O7S2/c1-16-8-10-20(11-9-16)33(29,30)24-14-19(31-32(2,27)28)13-21(24)22(26)23-18(15-25)12-17-6-4-3-5-7-17/h3-11,15,18-19,21H,12-14H2,1-2H3,(H,23,26)/t18-,19-,21+/m0/s1. The van der Waals surface area contributed by atoms with Crippen LogP contribution in [0.25, 0.3) is 0 Å². The van der Waals surface area contributed by atoms with Crippen LogP contribution in [-0.2, 0) is 40.3 Å². The molecular formula is C22H26N2O7S2. The molecule has 1 heterocycles. The van der Waals surface area contributed by atoms with Crippen molar-refractivity contribution in [1.82, 2.24) is 9.62 Å². The van der Waals surface area contributed by atoms with Crippen LogP contribution < -0.4 is 5.32 Å². The van der Waals surface area contributed by atoms with Crippen molar-refractivity contribution in [2.75, 3.05) is 12.8 Å². The summed E-state index contributed by atoms with van der Waals surface area (Å²) >= 11 is 0. The van der Waals surface area contributed by atoms with E-state index in [9.17, 15) is 26.4 Å². The number of rotatable bonds is 9. The second kappa shape index (κ2) is 10.1. The zero-order valence-corrected chi connectivity index (χ0v) is 19.9. The molecule has 1 saturated heterocycles. The Kier molecular flexibility index (Phi) is 7.68. The number of carbonyl (C=O) groups excluding carboxylic acids is 2. The number of amides is 1. The monoisotopic (exact) mass is 494 g/mol. The predicted molar refractivity (Wildman–Crippen MR) is 121 cm³/mol. The largest absolute Gasteiger partial charge is 0.345 e. The van der Waals surface area contributed by atoms with Gasteiger partial charge in [0.2, 0.25) is 15.9 Å². The van der Waals surface area contributed by atoms with E-state index < -0.39 is 44.2 Å². The van der Waals surface area contributed by atoms with Gasteiger partial charge in [-0.05, 0) is 31.0 Å². The Hall–Kier alpha value is -2.60. The molecule has 3 atom stereocenters. The van der Waals surface area contributed by atoms with Crippen LogP contribution in [0.5, 0.6) is 0 Å². The Balaban J connectivity index is 1.85. The van der Waals surface area contributed by atoms with Crippen LogP contribution in [0.4, 0.5) is 0 Å². The maximum atomic E-state index is 13.3. The van der Waals surface area contributed by atoms with Gasteiger partial charge in [0.25, 0.3) is 10.1 Å². The Bertz CT molecular complexity index is 1200. The van der Waals surface area contributed by atoms with E-state index in [1.165, 1.54) is 12.1 Å². The lowest BCUT2D eigenvalue weighted by atomic mass is 10.1. The van der Waals surface area contributed by atoms with Crippen LogP contribution in [0.2, 0.25) is 0 Å². The number of aldehydes is 1. The number of nitrogens with zero attached hydrogens (tertiary/aromatic N) is 1. The number of carbonyl (C=O) groups is 2. The van der Waals surface area contributed by atoms with Crippen LogP contribution in [0, 0.1) is 6.92 Å². The van der Waals surface area contributed by atoms with E-state index >= 15 is 0 Å². The number of benzene rings is 2. The van der Waals surface area contributed by atoms with Crippen molar-refractivity contribution in [3.8, 4) is 0 Å². The van der Waals surface area contributed by atoms with Crippen molar-refractivity contribution in [2.24, 2.45) is 0 Å². The summed E-state index contributed by atoms with van der Waals surface area (Å²) in [4.78, 5) is 24.6. The van der Waals surface area contributed by atoms with Crippen LogP contribution in [0.1, 0.15) is 17.5 Å². The third-order valence-corrected chi connectivity index (χ3v) is 7.76. The van der Waals surface area contributed by atoms with Crippen molar-refractivity contribution in [1.29, 1.82) is 0 Å². The molecule has 1 aliphatic rings. The normalized spacial score (nSPS) is 20.3. The Morgan fingerprint density at radius 1 is 1.12 bits per heavy atom. The fraction of sp³-hybridized carbons (Fsp3) is 0.364. The number of nitrogens with one attached hydrogen (secondary N) is 1. The molecule has 0 aromatic heterocycles. The van der Waals surface area contributed by atoms with Gasteiger partial charge >= 0.3 is 0 Å². The molecule has 33 heavy (non-hydrogen) atoms. The lowest BCUT2D eigenvalue weighted by Crippen LogP contribution is -2.49. The minimum atomic E-state index is -4.13. The summed E-state index contributed by atoms with van der Waals surface area (Å²) in [6, 6.07) is 13.0. The molecule has 0 radical (unpaired) electrons. The van der Waals surface area contributed by atoms with Crippen molar-refractivity contribution >= 4 is 32.3 Å². The second-order valence-electron chi connectivity index (χ2n) is 8.00. The fourth-order valence-electron chi connectivity index (χ4n) is 3.72. The van der Waals surface area contributed by atoms with Crippen molar-refractivity contribution in [2.45, 2.75) is 42.8 Å². The van der Waals surface area contributed by atoms with Crippen molar-refractivity contribution in [3.05, 3.63) is 65.7 Å². The van der Waals surface area contributed by atoms with Crippen molar-refractivity contribution in [3.63, 3.8) is 0 Å². The molecule has 1 aliphatic heterocycles. The summed E-state index contributed by atoms with van der Waals surface area (Å²) in [6.07, 6.45) is 0.488. The van der Waals surface area contributed by atoms with Gasteiger partial charge < -0.3 is 10.1 Å². The summed E-state index contributed by atoms with van der Waals surface area (Å²) < 4.78 is 55.8. The zero-order chi connectivity index (χ0) is 24.2. The number of aryl methyl sites for hydroxylation is 1. The van der Waals surface area contributed by atoms with Gasteiger partial charge in [-0.2, -0.15) is 12.7 Å². The average Bonchev–Trinajstić information content (AvgIpc) is 3.17. The van der Waals surface area contributed by atoms with E-state index in [4.69, 9.17) is 4.18 Å². The second-order valence-corrected chi connectivity index (χ2v) is 11.5. The molecule has 11 heteroatoms. The van der Waals surface area contributed by atoms with E-state index in [0.717, 1.165) is 21.7 Å². The molecule has 0 unspecified atom stereocenters. The number of hydrogen-bond acceptors (Lipinski definition) is 7. The highest BCUT2D eigenvalue weighted by Gasteiger charge is 2.45. The predicted octanol–water partition coefficient (Wildman–Crippen LogP) is 1.03. The van der Waals surface area contributed by atoms with E-state index in [1.807, 2.05) is 25.1 Å². The van der Waals surface area contributed by atoms with Gasteiger partial charge in [0.15, 0.2) is 0 Å². The molecule has 1 fully saturated rings. The van der Waals surface area contributed by atoms with Gasteiger partial charge in [0.05, 0.1) is 23.3 Å². The van der Waals surface area contributed by atoms with Crippen LogP contribution >= 0.6 is 0 Å². The Morgan fingerprint density at radius 3 is 2.33 bits per heavy atom. The first kappa shape index (κ1) is 25.0. The van der Waals surface area contributed by atoms with E-state index in [-0.39, 0.29) is 24.3 Å². The van der Waals surface area contributed by atoms with Gasteiger partial charge in [-0.1, -0.05) is 48.0 Å². The first-order valence-electron chi connectivity index (χ1n) is 10.3. The van der Waals surface area contributed by atoms with E-state index in [2.05, 4.69) is 5.32 Å². The van der Waals surface area contributed by atoms with Crippen LogP contribution in [0.15, 0.2) is 59.5 Å². The molecule has 9 nitrogen and oxygen atoms in total. The smallest absolute Gasteiger partial charge is 0.264 e.